The summed E-state index contributed by atoms with van der Waals surface area (Å²) in [6.45, 7) is -0.0517. The van der Waals surface area contributed by atoms with Gasteiger partial charge in [0.2, 0.25) is 5.91 Å². The van der Waals surface area contributed by atoms with E-state index in [-0.39, 0.29) is 11.5 Å². The molecular formula is C15H13N3O4. The Bertz CT molecular complexity index is 759. The number of fused-ring (bicyclic) bond motifs is 1. The number of imide groups is 1. The van der Waals surface area contributed by atoms with Crippen LogP contribution in [-0.4, -0.2) is 45.8 Å². The first-order chi connectivity index (χ1) is 10.6. The fourth-order valence-corrected chi connectivity index (χ4v) is 2.29. The van der Waals surface area contributed by atoms with Crippen molar-refractivity contribution < 1.29 is 19.1 Å². The fraction of sp³-hybridized carbons (Fsp3) is 0.267. The molecule has 7 heteroatoms. The predicted molar refractivity (Wildman–Crippen MR) is 75.8 cm³/mol. The average Bonchev–Trinajstić information content (AvgIpc) is 2.98. The minimum atomic E-state index is -0.632. The number of ether oxygens (including phenoxy) is 1. The number of rotatable bonds is 3. The Morgan fingerprint density at radius 2 is 1.95 bits per heavy atom. The van der Waals surface area contributed by atoms with Crippen molar-refractivity contribution in [2.75, 3.05) is 13.2 Å². The van der Waals surface area contributed by atoms with E-state index in [4.69, 9.17) is 4.74 Å². The molecule has 1 aliphatic rings. The van der Waals surface area contributed by atoms with Crippen LogP contribution in [0.25, 0.3) is 11.0 Å². The highest BCUT2D eigenvalue weighted by molar-refractivity contribution is 5.99. The van der Waals surface area contributed by atoms with Crippen LogP contribution < -0.4 is 0 Å². The topological polar surface area (TPSA) is 89.5 Å². The summed E-state index contributed by atoms with van der Waals surface area (Å²) in [5.74, 6) is -1.34. The Kier molecular flexibility index (Phi) is 3.78. The Morgan fingerprint density at radius 3 is 2.68 bits per heavy atom. The summed E-state index contributed by atoms with van der Waals surface area (Å²) >= 11 is 0. The molecule has 0 unspecified atom stereocenters. The van der Waals surface area contributed by atoms with E-state index in [1.54, 1.807) is 24.4 Å². The smallest absolute Gasteiger partial charge is 0.338 e. The van der Waals surface area contributed by atoms with E-state index in [1.807, 2.05) is 0 Å². The number of hydrogen-bond donors (Lipinski definition) is 0. The van der Waals surface area contributed by atoms with Crippen LogP contribution in [0, 0.1) is 0 Å². The van der Waals surface area contributed by atoms with Crippen LogP contribution in [0.4, 0.5) is 0 Å². The monoisotopic (exact) mass is 299 g/mol. The lowest BCUT2D eigenvalue weighted by molar-refractivity contribution is -0.143. The zero-order chi connectivity index (χ0) is 15.5. The van der Waals surface area contributed by atoms with Gasteiger partial charge in [-0.05, 0) is 24.6 Å². The van der Waals surface area contributed by atoms with Crippen LogP contribution >= 0.6 is 0 Å². The Hall–Kier alpha value is -2.83. The van der Waals surface area contributed by atoms with Crippen molar-refractivity contribution in [3.05, 3.63) is 36.2 Å². The highest BCUT2D eigenvalue weighted by Crippen LogP contribution is 2.13. The van der Waals surface area contributed by atoms with Gasteiger partial charge in [0.15, 0.2) is 6.61 Å². The van der Waals surface area contributed by atoms with E-state index in [0.717, 1.165) is 4.90 Å². The molecule has 0 bridgehead atoms. The molecule has 0 atom stereocenters. The number of aromatic nitrogens is 2. The van der Waals surface area contributed by atoms with E-state index in [2.05, 4.69) is 9.97 Å². The van der Waals surface area contributed by atoms with Crippen molar-refractivity contribution in [2.45, 2.75) is 12.8 Å². The van der Waals surface area contributed by atoms with Gasteiger partial charge in [-0.15, -0.1) is 0 Å². The molecule has 2 amide bonds. The summed E-state index contributed by atoms with van der Waals surface area (Å²) in [7, 11) is 0. The molecule has 1 aromatic heterocycles. The van der Waals surface area contributed by atoms with Gasteiger partial charge in [-0.1, -0.05) is 0 Å². The van der Waals surface area contributed by atoms with Crippen molar-refractivity contribution in [2.24, 2.45) is 0 Å². The number of carbonyl (C=O) groups excluding carboxylic acids is 3. The van der Waals surface area contributed by atoms with E-state index in [0.29, 0.717) is 30.4 Å². The molecule has 112 valence electrons. The first-order valence-corrected chi connectivity index (χ1v) is 6.86. The Balaban J connectivity index is 1.65. The maximum absolute atomic E-state index is 12.0. The van der Waals surface area contributed by atoms with Crippen LogP contribution in [0.15, 0.2) is 30.6 Å². The van der Waals surface area contributed by atoms with Crippen molar-refractivity contribution >= 4 is 28.8 Å². The molecule has 0 saturated carbocycles. The number of benzene rings is 1. The molecule has 7 nitrogen and oxygen atoms in total. The number of amides is 2. The molecule has 1 aromatic carbocycles. The molecule has 0 radical (unpaired) electrons. The fourth-order valence-electron chi connectivity index (χ4n) is 2.29. The third-order valence-corrected chi connectivity index (χ3v) is 3.41. The van der Waals surface area contributed by atoms with E-state index in [9.17, 15) is 14.4 Å². The van der Waals surface area contributed by atoms with Gasteiger partial charge in [0, 0.05) is 25.4 Å². The first-order valence-electron chi connectivity index (χ1n) is 6.86. The van der Waals surface area contributed by atoms with Crippen molar-refractivity contribution in [3.63, 3.8) is 0 Å². The van der Waals surface area contributed by atoms with Gasteiger partial charge in [-0.25, -0.2) is 4.79 Å². The zero-order valence-electron chi connectivity index (χ0n) is 11.7. The zero-order valence-corrected chi connectivity index (χ0v) is 11.7. The highest BCUT2D eigenvalue weighted by Gasteiger charge is 2.27. The van der Waals surface area contributed by atoms with Crippen LogP contribution in [0.1, 0.15) is 23.2 Å². The lowest BCUT2D eigenvalue weighted by Crippen LogP contribution is -2.35. The molecule has 2 aromatic rings. The van der Waals surface area contributed by atoms with Gasteiger partial charge in [0.1, 0.15) is 0 Å². The summed E-state index contributed by atoms with van der Waals surface area (Å²) < 4.78 is 4.97. The highest BCUT2D eigenvalue weighted by atomic mass is 16.5. The molecular weight excluding hydrogens is 286 g/mol. The molecule has 2 heterocycles. The maximum Gasteiger partial charge on any atom is 0.338 e. The Morgan fingerprint density at radius 1 is 1.18 bits per heavy atom. The van der Waals surface area contributed by atoms with Crippen molar-refractivity contribution in [1.82, 2.24) is 14.9 Å². The van der Waals surface area contributed by atoms with Gasteiger partial charge in [0.05, 0.1) is 16.6 Å². The van der Waals surface area contributed by atoms with Crippen LogP contribution in [0.3, 0.4) is 0 Å². The second kappa shape index (κ2) is 5.88. The third kappa shape index (κ3) is 2.78. The summed E-state index contributed by atoms with van der Waals surface area (Å²) in [6.07, 6.45) is 4.11. The minimum Gasteiger partial charge on any atom is -0.452 e. The second-order valence-corrected chi connectivity index (χ2v) is 4.88. The SMILES string of the molecule is O=C(OCC(=O)N1CCCC1=O)c1ccc2nccnc2c1. The summed E-state index contributed by atoms with van der Waals surface area (Å²) in [5, 5.41) is 0. The standard InChI is InChI=1S/C15H13N3O4/c19-13-2-1-7-18(13)14(20)9-22-15(21)10-3-4-11-12(8-10)17-6-5-16-11/h3-6,8H,1-2,7,9H2. The van der Waals surface area contributed by atoms with Crippen molar-refractivity contribution in [1.29, 1.82) is 0 Å². The van der Waals surface area contributed by atoms with Gasteiger partial charge in [0.25, 0.3) is 5.91 Å². The summed E-state index contributed by atoms with van der Waals surface area (Å²) in [5.41, 5.74) is 1.52. The van der Waals surface area contributed by atoms with E-state index >= 15 is 0 Å². The number of likely N-dealkylation sites (tertiary alicyclic amines) is 1. The van der Waals surface area contributed by atoms with Gasteiger partial charge < -0.3 is 4.74 Å². The number of hydrogen-bond acceptors (Lipinski definition) is 6. The number of carbonyl (C=O) groups is 3. The lowest BCUT2D eigenvalue weighted by Gasteiger charge is -2.13. The Labute approximate surface area is 125 Å². The van der Waals surface area contributed by atoms with Gasteiger partial charge in [-0.3, -0.25) is 24.5 Å². The molecule has 0 aliphatic carbocycles. The molecule has 1 saturated heterocycles. The third-order valence-electron chi connectivity index (χ3n) is 3.41. The van der Waals surface area contributed by atoms with Crippen LogP contribution in [0.5, 0.6) is 0 Å². The molecule has 3 rings (SSSR count). The first kappa shape index (κ1) is 14.1. The normalized spacial score (nSPS) is 14.4. The average molecular weight is 299 g/mol. The van der Waals surface area contributed by atoms with E-state index in [1.165, 1.54) is 6.20 Å². The number of nitrogens with zero attached hydrogens (tertiary/aromatic N) is 3. The summed E-state index contributed by atoms with van der Waals surface area (Å²) in [4.78, 5) is 44.5. The lowest BCUT2D eigenvalue weighted by atomic mass is 10.2. The summed E-state index contributed by atoms with van der Waals surface area (Å²) in [6, 6.07) is 4.77. The second-order valence-electron chi connectivity index (χ2n) is 4.88. The minimum absolute atomic E-state index is 0.220. The van der Waals surface area contributed by atoms with Gasteiger partial charge >= 0.3 is 5.97 Å². The van der Waals surface area contributed by atoms with Crippen LogP contribution in [0.2, 0.25) is 0 Å². The van der Waals surface area contributed by atoms with E-state index < -0.39 is 18.5 Å². The quantitative estimate of drug-likeness (QED) is 0.783. The predicted octanol–water partition coefficient (Wildman–Crippen LogP) is 0.936. The molecule has 0 spiro atoms. The molecule has 22 heavy (non-hydrogen) atoms. The maximum atomic E-state index is 12.0. The molecule has 1 fully saturated rings. The van der Waals surface area contributed by atoms with Crippen LogP contribution in [-0.2, 0) is 14.3 Å². The van der Waals surface area contributed by atoms with Crippen molar-refractivity contribution in [3.8, 4) is 0 Å². The largest absolute Gasteiger partial charge is 0.452 e. The van der Waals surface area contributed by atoms with Gasteiger partial charge in [-0.2, -0.15) is 0 Å². The molecule has 1 aliphatic heterocycles. The molecule has 0 N–H and O–H groups in total. The number of esters is 1.